The zero-order chi connectivity index (χ0) is 21.5. The highest BCUT2D eigenvalue weighted by molar-refractivity contribution is 5.98. The fourth-order valence-corrected chi connectivity index (χ4v) is 3.46. The molecule has 2 aromatic rings. The molecule has 30 heavy (non-hydrogen) atoms. The van der Waals surface area contributed by atoms with Crippen LogP contribution in [0.5, 0.6) is 11.5 Å². The van der Waals surface area contributed by atoms with E-state index in [2.05, 4.69) is 41.4 Å². The maximum absolute atomic E-state index is 12.5. The highest BCUT2D eigenvalue weighted by Crippen LogP contribution is 2.31. The second-order valence-corrected chi connectivity index (χ2v) is 7.66. The molecule has 0 saturated heterocycles. The van der Waals surface area contributed by atoms with Crippen LogP contribution in [-0.4, -0.2) is 50.4 Å². The van der Waals surface area contributed by atoms with E-state index in [0.717, 1.165) is 12.0 Å². The molecule has 160 valence electrons. The molecule has 1 atom stereocenters. The highest BCUT2D eigenvalue weighted by atomic mass is 16.6. The molecule has 6 heteroatoms. The molecule has 0 fully saturated rings. The standard InChI is InChI=1S/C24H30N2O4/c1-4-17-5-7-18(8-6-17)20(26(2)3)16-25-24(28)12-10-21(27)19-9-11-22-23(15-19)30-14-13-29-22/h5-9,11,15,20H,4,10,12-14,16H2,1-3H3,(H,25,28). The van der Waals surface area contributed by atoms with Gasteiger partial charge in [-0.3, -0.25) is 9.59 Å². The Balaban J connectivity index is 1.51. The zero-order valence-electron chi connectivity index (χ0n) is 17.9. The Morgan fingerprint density at radius 2 is 1.70 bits per heavy atom. The van der Waals surface area contributed by atoms with E-state index in [1.807, 2.05) is 14.1 Å². The number of ether oxygens (including phenoxy) is 2. The molecule has 1 aliphatic heterocycles. The molecule has 1 N–H and O–H groups in total. The first kappa shape index (κ1) is 21.8. The normalized spacial score (nSPS) is 13.7. The van der Waals surface area contributed by atoms with Crippen molar-refractivity contribution < 1.29 is 19.1 Å². The van der Waals surface area contributed by atoms with Crippen molar-refractivity contribution in [2.75, 3.05) is 33.9 Å². The second kappa shape index (κ2) is 10.3. The Morgan fingerprint density at radius 1 is 1.00 bits per heavy atom. The van der Waals surface area contributed by atoms with Crippen molar-refractivity contribution in [1.29, 1.82) is 0 Å². The molecule has 1 unspecified atom stereocenters. The largest absolute Gasteiger partial charge is 0.486 e. The van der Waals surface area contributed by atoms with Crippen LogP contribution < -0.4 is 14.8 Å². The first-order valence-electron chi connectivity index (χ1n) is 10.4. The van der Waals surface area contributed by atoms with Crippen molar-refractivity contribution in [1.82, 2.24) is 10.2 Å². The maximum Gasteiger partial charge on any atom is 0.220 e. The summed E-state index contributed by atoms with van der Waals surface area (Å²) in [6.45, 7) is 3.61. The van der Waals surface area contributed by atoms with E-state index in [4.69, 9.17) is 9.47 Å². The van der Waals surface area contributed by atoms with Gasteiger partial charge in [-0.25, -0.2) is 0 Å². The molecule has 1 heterocycles. The molecule has 0 spiro atoms. The van der Waals surface area contributed by atoms with Crippen LogP contribution in [0.1, 0.15) is 47.3 Å². The predicted molar refractivity (Wildman–Crippen MR) is 116 cm³/mol. The van der Waals surface area contributed by atoms with Crippen LogP contribution in [0.15, 0.2) is 42.5 Å². The molecule has 0 radical (unpaired) electrons. The topological polar surface area (TPSA) is 67.9 Å². The van der Waals surface area contributed by atoms with Crippen LogP contribution >= 0.6 is 0 Å². The summed E-state index contributed by atoms with van der Waals surface area (Å²) in [6.07, 6.45) is 1.31. The number of carbonyl (C=O) groups excluding carboxylic acids is 2. The van der Waals surface area contributed by atoms with Crippen molar-refractivity contribution >= 4 is 11.7 Å². The van der Waals surface area contributed by atoms with E-state index in [1.54, 1.807) is 18.2 Å². The van der Waals surface area contributed by atoms with Gasteiger partial charge in [-0.2, -0.15) is 0 Å². The second-order valence-electron chi connectivity index (χ2n) is 7.66. The van der Waals surface area contributed by atoms with Crippen LogP contribution in [-0.2, 0) is 11.2 Å². The van der Waals surface area contributed by atoms with Crippen LogP contribution in [0, 0.1) is 0 Å². The number of likely N-dealkylation sites (N-methyl/N-ethyl adjacent to an activating group) is 1. The molecule has 1 amide bonds. The lowest BCUT2D eigenvalue weighted by molar-refractivity contribution is -0.121. The van der Waals surface area contributed by atoms with E-state index >= 15 is 0 Å². The molecule has 2 aromatic carbocycles. The number of aryl methyl sites for hydroxylation is 1. The monoisotopic (exact) mass is 410 g/mol. The Labute approximate surface area is 178 Å². The third-order valence-corrected chi connectivity index (χ3v) is 5.33. The van der Waals surface area contributed by atoms with Crippen molar-refractivity contribution in [3.05, 3.63) is 59.2 Å². The van der Waals surface area contributed by atoms with Gasteiger partial charge in [0.2, 0.25) is 5.91 Å². The average Bonchev–Trinajstić information content (AvgIpc) is 2.77. The first-order valence-corrected chi connectivity index (χ1v) is 10.4. The van der Waals surface area contributed by atoms with E-state index in [0.29, 0.717) is 36.8 Å². The number of carbonyl (C=O) groups is 2. The van der Waals surface area contributed by atoms with E-state index in [-0.39, 0.29) is 30.6 Å². The number of Topliss-reactive ketones (excluding diaryl/α,β-unsaturated/α-hetero) is 1. The fraction of sp³-hybridized carbons (Fsp3) is 0.417. The molecule has 0 saturated carbocycles. The van der Waals surface area contributed by atoms with Gasteiger partial charge in [0.05, 0.1) is 6.04 Å². The Kier molecular flexibility index (Phi) is 7.46. The number of amides is 1. The average molecular weight is 411 g/mol. The molecule has 0 aliphatic carbocycles. The van der Waals surface area contributed by atoms with Gasteiger partial charge < -0.3 is 19.7 Å². The minimum absolute atomic E-state index is 0.0772. The molecule has 6 nitrogen and oxygen atoms in total. The van der Waals surface area contributed by atoms with Gasteiger partial charge in [0.25, 0.3) is 0 Å². The van der Waals surface area contributed by atoms with Crippen LogP contribution in [0.2, 0.25) is 0 Å². The van der Waals surface area contributed by atoms with E-state index < -0.39 is 0 Å². The van der Waals surface area contributed by atoms with Gasteiger partial charge in [0.1, 0.15) is 13.2 Å². The van der Waals surface area contributed by atoms with Gasteiger partial charge in [0, 0.05) is 24.9 Å². The van der Waals surface area contributed by atoms with Crippen molar-refractivity contribution in [3.8, 4) is 11.5 Å². The summed E-state index contributed by atoms with van der Waals surface area (Å²) in [4.78, 5) is 26.9. The summed E-state index contributed by atoms with van der Waals surface area (Å²) in [5, 5.41) is 2.97. The number of fused-ring (bicyclic) bond motifs is 1. The summed E-state index contributed by atoms with van der Waals surface area (Å²) < 4.78 is 11.0. The molecular formula is C24H30N2O4. The number of hydrogen-bond donors (Lipinski definition) is 1. The van der Waals surface area contributed by atoms with Gasteiger partial charge in [-0.05, 0) is 49.8 Å². The maximum atomic E-state index is 12.5. The number of rotatable bonds is 9. The molecular weight excluding hydrogens is 380 g/mol. The zero-order valence-corrected chi connectivity index (χ0v) is 17.9. The SMILES string of the molecule is CCc1ccc(C(CNC(=O)CCC(=O)c2ccc3c(c2)OCCO3)N(C)C)cc1. The first-order chi connectivity index (χ1) is 14.5. The highest BCUT2D eigenvalue weighted by Gasteiger charge is 2.18. The smallest absolute Gasteiger partial charge is 0.220 e. The molecule has 1 aliphatic rings. The molecule has 0 bridgehead atoms. The summed E-state index contributed by atoms with van der Waals surface area (Å²) >= 11 is 0. The number of nitrogens with one attached hydrogen (secondary N) is 1. The fourth-order valence-electron chi connectivity index (χ4n) is 3.46. The lowest BCUT2D eigenvalue weighted by atomic mass is 10.0. The van der Waals surface area contributed by atoms with Gasteiger partial charge in [-0.1, -0.05) is 31.2 Å². The Bertz CT molecular complexity index is 877. The summed E-state index contributed by atoms with van der Waals surface area (Å²) in [7, 11) is 3.99. The lowest BCUT2D eigenvalue weighted by Crippen LogP contribution is -2.34. The van der Waals surface area contributed by atoms with Gasteiger partial charge in [-0.15, -0.1) is 0 Å². The number of benzene rings is 2. The van der Waals surface area contributed by atoms with Crippen LogP contribution in [0.4, 0.5) is 0 Å². The van der Waals surface area contributed by atoms with Crippen molar-refractivity contribution in [2.24, 2.45) is 0 Å². The quantitative estimate of drug-likeness (QED) is 0.642. The molecule has 0 aromatic heterocycles. The predicted octanol–water partition coefficient (Wildman–Crippen LogP) is 3.40. The number of ketones is 1. The van der Waals surface area contributed by atoms with Gasteiger partial charge >= 0.3 is 0 Å². The number of hydrogen-bond acceptors (Lipinski definition) is 5. The summed E-state index contributed by atoms with van der Waals surface area (Å²) in [5.74, 6) is 1.02. The van der Waals surface area contributed by atoms with Crippen molar-refractivity contribution in [2.45, 2.75) is 32.2 Å². The third-order valence-electron chi connectivity index (χ3n) is 5.33. The Hall–Kier alpha value is -2.86. The van der Waals surface area contributed by atoms with Crippen LogP contribution in [0.3, 0.4) is 0 Å². The number of nitrogens with zero attached hydrogens (tertiary/aromatic N) is 1. The minimum atomic E-state index is -0.127. The van der Waals surface area contributed by atoms with Crippen LogP contribution in [0.25, 0.3) is 0 Å². The molecule has 3 rings (SSSR count). The van der Waals surface area contributed by atoms with E-state index in [1.165, 1.54) is 5.56 Å². The van der Waals surface area contributed by atoms with Crippen molar-refractivity contribution in [3.63, 3.8) is 0 Å². The third kappa shape index (κ3) is 5.60. The minimum Gasteiger partial charge on any atom is -0.486 e. The Morgan fingerprint density at radius 3 is 2.37 bits per heavy atom. The lowest BCUT2D eigenvalue weighted by Gasteiger charge is -2.25. The summed E-state index contributed by atoms with van der Waals surface area (Å²) in [5.41, 5.74) is 2.98. The summed E-state index contributed by atoms with van der Waals surface area (Å²) in [6, 6.07) is 13.7. The van der Waals surface area contributed by atoms with Gasteiger partial charge in [0.15, 0.2) is 17.3 Å². The van der Waals surface area contributed by atoms with E-state index in [9.17, 15) is 9.59 Å².